The van der Waals surface area contributed by atoms with Crippen LogP contribution in [0.2, 0.25) is 0 Å². The molecule has 0 saturated carbocycles. The van der Waals surface area contributed by atoms with E-state index in [1.54, 1.807) is 5.56 Å². The second-order valence-corrected chi connectivity index (χ2v) is 8.23. The monoisotopic (exact) mass is 342 g/mol. The fraction of sp³-hybridized carbons (Fsp3) is 0.727. The summed E-state index contributed by atoms with van der Waals surface area (Å²) in [6.07, 6.45) is 10.3. The normalized spacial score (nSPS) is 28.8. The molecule has 3 nitrogen and oxygen atoms in total. The smallest absolute Gasteiger partial charge is 0.119 e. The Morgan fingerprint density at radius 2 is 2.20 bits per heavy atom. The molecule has 3 atom stereocenters. The van der Waals surface area contributed by atoms with Crippen molar-refractivity contribution in [2.45, 2.75) is 70.4 Å². The summed E-state index contributed by atoms with van der Waals surface area (Å²) in [7, 11) is 0. The number of benzene rings is 1. The van der Waals surface area contributed by atoms with Crippen molar-refractivity contribution in [1.82, 2.24) is 10.2 Å². The van der Waals surface area contributed by atoms with Crippen LogP contribution in [0, 0.1) is 5.92 Å². The van der Waals surface area contributed by atoms with Gasteiger partial charge in [0.2, 0.25) is 0 Å². The van der Waals surface area contributed by atoms with Crippen molar-refractivity contribution in [2.75, 3.05) is 26.2 Å². The van der Waals surface area contributed by atoms with Gasteiger partial charge in [-0.3, -0.25) is 4.90 Å². The van der Waals surface area contributed by atoms with Crippen LogP contribution in [0.15, 0.2) is 18.2 Å². The SMILES string of the molecule is CCCCCCOc1ccc2c(c1)CCN1C[C@H]3CCCN[C@H]3C[C@@H]21. The molecule has 25 heavy (non-hydrogen) atoms. The third-order valence-electron chi connectivity index (χ3n) is 6.52. The molecule has 3 aliphatic heterocycles. The van der Waals surface area contributed by atoms with E-state index in [-0.39, 0.29) is 0 Å². The zero-order chi connectivity index (χ0) is 17.1. The van der Waals surface area contributed by atoms with Crippen molar-refractivity contribution in [3.05, 3.63) is 29.3 Å². The topological polar surface area (TPSA) is 24.5 Å². The van der Waals surface area contributed by atoms with E-state index < -0.39 is 0 Å². The van der Waals surface area contributed by atoms with Crippen molar-refractivity contribution in [3.63, 3.8) is 0 Å². The summed E-state index contributed by atoms with van der Waals surface area (Å²) in [5.74, 6) is 1.95. The molecule has 1 aromatic rings. The first-order valence-corrected chi connectivity index (χ1v) is 10.6. The zero-order valence-corrected chi connectivity index (χ0v) is 15.8. The minimum absolute atomic E-state index is 0.620. The van der Waals surface area contributed by atoms with E-state index in [1.165, 1.54) is 76.6 Å². The third-order valence-corrected chi connectivity index (χ3v) is 6.52. The number of hydrogen-bond acceptors (Lipinski definition) is 3. The van der Waals surface area contributed by atoms with Crippen LogP contribution < -0.4 is 10.1 Å². The van der Waals surface area contributed by atoms with E-state index in [1.807, 2.05) is 0 Å². The summed E-state index contributed by atoms with van der Waals surface area (Å²) in [6, 6.07) is 8.25. The minimum atomic E-state index is 0.620. The molecule has 0 spiro atoms. The van der Waals surface area contributed by atoms with Crippen molar-refractivity contribution < 1.29 is 4.74 Å². The number of piperidine rings is 2. The number of unbranched alkanes of at least 4 members (excludes halogenated alkanes) is 3. The van der Waals surface area contributed by atoms with Gasteiger partial charge in [0.05, 0.1) is 6.61 Å². The molecule has 0 aromatic heterocycles. The van der Waals surface area contributed by atoms with Crippen LogP contribution in [0.5, 0.6) is 5.75 Å². The van der Waals surface area contributed by atoms with E-state index in [0.717, 1.165) is 24.3 Å². The van der Waals surface area contributed by atoms with Crippen LogP contribution in [-0.4, -0.2) is 37.2 Å². The molecule has 0 unspecified atom stereocenters. The first-order chi connectivity index (χ1) is 12.3. The van der Waals surface area contributed by atoms with Crippen molar-refractivity contribution in [1.29, 1.82) is 0 Å². The Morgan fingerprint density at radius 1 is 1.24 bits per heavy atom. The fourth-order valence-electron chi connectivity index (χ4n) is 5.10. The van der Waals surface area contributed by atoms with Crippen LogP contribution in [0.25, 0.3) is 0 Å². The minimum Gasteiger partial charge on any atom is -0.494 e. The van der Waals surface area contributed by atoms with E-state index >= 15 is 0 Å². The number of ether oxygens (including phenoxy) is 1. The van der Waals surface area contributed by atoms with Crippen LogP contribution in [0.4, 0.5) is 0 Å². The summed E-state index contributed by atoms with van der Waals surface area (Å²) in [4.78, 5) is 2.75. The summed E-state index contributed by atoms with van der Waals surface area (Å²) >= 11 is 0. The van der Waals surface area contributed by atoms with Gasteiger partial charge in [-0.1, -0.05) is 32.3 Å². The molecule has 0 bridgehead atoms. The third kappa shape index (κ3) is 3.88. The molecule has 0 aliphatic carbocycles. The number of fused-ring (bicyclic) bond motifs is 4. The lowest BCUT2D eigenvalue weighted by atomic mass is 9.77. The number of hydrogen-bond donors (Lipinski definition) is 1. The van der Waals surface area contributed by atoms with Gasteiger partial charge >= 0.3 is 0 Å². The fourth-order valence-corrected chi connectivity index (χ4v) is 5.10. The molecular formula is C22H34N2O. The van der Waals surface area contributed by atoms with E-state index in [0.29, 0.717) is 6.04 Å². The van der Waals surface area contributed by atoms with Gasteiger partial charge in [0.15, 0.2) is 0 Å². The predicted molar refractivity (Wildman–Crippen MR) is 103 cm³/mol. The van der Waals surface area contributed by atoms with Gasteiger partial charge in [-0.05, 0) is 67.8 Å². The molecule has 1 N–H and O–H groups in total. The molecule has 0 radical (unpaired) electrons. The largest absolute Gasteiger partial charge is 0.494 e. The van der Waals surface area contributed by atoms with Gasteiger partial charge in [0.25, 0.3) is 0 Å². The maximum absolute atomic E-state index is 6.01. The molecule has 2 fully saturated rings. The van der Waals surface area contributed by atoms with Crippen LogP contribution in [0.3, 0.4) is 0 Å². The Balaban J connectivity index is 1.40. The number of nitrogens with one attached hydrogen (secondary N) is 1. The average Bonchev–Trinajstić information content (AvgIpc) is 2.66. The van der Waals surface area contributed by atoms with Crippen molar-refractivity contribution >= 4 is 0 Å². The number of nitrogens with zero attached hydrogens (tertiary/aromatic N) is 1. The van der Waals surface area contributed by atoms with E-state index in [9.17, 15) is 0 Å². The average molecular weight is 343 g/mol. The van der Waals surface area contributed by atoms with Crippen molar-refractivity contribution in [3.8, 4) is 5.75 Å². The Morgan fingerprint density at radius 3 is 3.12 bits per heavy atom. The van der Waals surface area contributed by atoms with Crippen molar-refractivity contribution in [2.24, 2.45) is 5.92 Å². The Bertz CT molecular complexity index is 573. The van der Waals surface area contributed by atoms with Gasteiger partial charge < -0.3 is 10.1 Å². The molecule has 138 valence electrons. The maximum atomic E-state index is 6.01. The Labute approximate surface area is 153 Å². The Kier molecular flexibility index (Phi) is 5.62. The molecule has 1 aromatic carbocycles. The predicted octanol–water partition coefficient (Wildman–Crippen LogP) is 4.32. The first-order valence-electron chi connectivity index (χ1n) is 10.6. The number of rotatable bonds is 6. The highest BCUT2D eigenvalue weighted by molar-refractivity contribution is 5.39. The molecular weight excluding hydrogens is 308 g/mol. The summed E-state index contributed by atoms with van der Waals surface area (Å²) in [6.45, 7) is 6.84. The van der Waals surface area contributed by atoms with Gasteiger partial charge in [0.1, 0.15) is 5.75 Å². The molecule has 2 saturated heterocycles. The van der Waals surface area contributed by atoms with Gasteiger partial charge in [-0.2, -0.15) is 0 Å². The molecule has 4 rings (SSSR count). The highest BCUT2D eigenvalue weighted by Gasteiger charge is 2.39. The first kappa shape index (κ1) is 17.4. The highest BCUT2D eigenvalue weighted by atomic mass is 16.5. The summed E-state index contributed by atoms with van der Waals surface area (Å²) in [5.41, 5.74) is 3.09. The van der Waals surface area contributed by atoms with Crippen LogP contribution in [-0.2, 0) is 6.42 Å². The lowest BCUT2D eigenvalue weighted by molar-refractivity contribution is 0.0551. The van der Waals surface area contributed by atoms with Gasteiger partial charge in [-0.15, -0.1) is 0 Å². The van der Waals surface area contributed by atoms with Gasteiger partial charge in [-0.25, -0.2) is 0 Å². The maximum Gasteiger partial charge on any atom is 0.119 e. The molecule has 3 aliphatic rings. The lowest BCUT2D eigenvalue weighted by Gasteiger charge is -2.49. The zero-order valence-electron chi connectivity index (χ0n) is 15.8. The quantitative estimate of drug-likeness (QED) is 0.779. The van der Waals surface area contributed by atoms with Crippen LogP contribution in [0.1, 0.15) is 69.0 Å². The lowest BCUT2D eigenvalue weighted by Crippen LogP contribution is -2.54. The summed E-state index contributed by atoms with van der Waals surface area (Å²) < 4.78 is 6.01. The standard InChI is InChI=1S/C22H34N2O/c1-2-3-4-5-13-25-19-8-9-20-17(14-19)10-12-24-16-18-7-6-11-23-21(18)15-22(20)24/h8-9,14,18,21-23H,2-7,10-13,15-16H2,1H3/t18-,21+,22+/m1/s1. The Hall–Kier alpha value is -1.06. The summed E-state index contributed by atoms with van der Waals surface area (Å²) in [5, 5.41) is 3.79. The molecule has 3 heterocycles. The second kappa shape index (κ2) is 8.09. The van der Waals surface area contributed by atoms with E-state index in [4.69, 9.17) is 4.74 Å². The van der Waals surface area contributed by atoms with Crippen LogP contribution >= 0.6 is 0 Å². The molecule has 3 heteroatoms. The second-order valence-electron chi connectivity index (χ2n) is 8.23. The van der Waals surface area contributed by atoms with E-state index in [2.05, 4.69) is 35.3 Å². The van der Waals surface area contributed by atoms with Gasteiger partial charge in [0, 0.05) is 25.2 Å². The highest BCUT2D eigenvalue weighted by Crippen LogP contribution is 2.41. The molecule has 0 amide bonds.